The van der Waals surface area contributed by atoms with E-state index in [0.29, 0.717) is 44.6 Å². The quantitative estimate of drug-likeness (QED) is 0.396. The summed E-state index contributed by atoms with van der Waals surface area (Å²) in [5, 5.41) is 12.6. The molecule has 2 aromatic heterocycles. The van der Waals surface area contributed by atoms with Gasteiger partial charge in [-0.15, -0.1) is 11.3 Å². The summed E-state index contributed by atoms with van der Waals surface area (Å²) in [6, 6.07) is 14.7. The molecular weight excluding hydrogens is 425 g/mol. The molecule has 0 N–H and O–H groups in total. The van der Waals surface area contributed by atoms with E-state index in [9.17, 15) is 4.79 Å². The van der Waals surface area contributed by atoms with Crippen molar-refractivity contribution in [3.05, 3.63) is 85.2 Å². The van der Waals surface area contributed by atoms with E-state index in [1.807, 2.05) is 30.5 Å². The topological polar surface area (TPSA) is 58.7 Å². The number of fused-ring (bicyclic) bond motifs is 1. The van der Waals surface area contributed by atoms with Gasteiger partial charge in [-0.1, -0.05) is 48.3 Å². The van der Waals surface area contributed by atoms with Crippen LogP contribution in [0.25, 0.3) is 21.3 Å². The molecule has 4 rings (SSSR count). The molecular formula is C22H15Cl2N3OS. The lowest BCUT2D eigenvalue weighted by atomic mass is 10.1. The average Bonchev–Trinajstić information content (AvgIpc) is 3.16. The van der Waals surface area contributed by atoms with Crippen molar-refractivity contribution in [3.8, 4) is 17.2 Å². The van der Waals surface area contributed by atoms with Crippen molar-refractivity contribution in [1.29, 1.82) is 5.26 Å². The lowest BCUT2D eigenvalue weighted by Gasteiger charge is -2.12. The van der Waals surface area contributed by atoms with Gasteiger partial charge in [-0.05, 0) is 35.4 Å². The SMILES string of the molecule is CCc1nc2scc(-c3ccc(Cl)c(Cl)c3)c2c(=O)n1Cc1cccc(C#N)c1. The molecule has 0 amide bonds. The highest BCUT2D eigenvalue weighted by Gasteiger charge is 2.17. The highest BCUT2D eigenvalue weighted by molar-refractivity contribution is 7.17. The molecule has 0 unspecified atom stereocenters. The Morgan fingerprint density at radius 1 is 1.17 bits per heavy atom. The molecule has 144 valence electrons. The van der Waals surface area contributed by atoms with Crippen LogP contribution in [0.1, 0.15) is 23.9 Å². The molecule has 0 aliphatic rings. The molecule has 7 heteroatoms. The van der Waals surface area contributed by atoms with Gasteiger partial charge in [0, 0.05) is 17.4 Å². The second-order valence-corrected chi connectivity index (χ2v) is 8.22. The van der Waals surface area contributed by atoms with Crippen LogP contribution < -0.4 is 5.56 Å². The third kappa shape index (κ3) is 3.67. The van der Waals surface area contributed by atoms with Gasteiger partial charge in [-0.25, -0.2) is 4.98 Å². The van der Waals surface area contributed by atoms with Crippen molar-refractivity contribution in [2.45, 2.75) is 19.9 Å². The van der Waals surface area contributed by atoms with Crippen molar-refractivity contribution in [2.24, 2.45) is 0 Å². The summed E-state index contributed by atoms with van der Waals surface area (Å²) in [4.78, 5) is 18.9. The Balaban J connectivity index is 1.90. The summed E-state index contributed by atoms with van der Waals surface area (Å²) in [5.74, 6) is 0.715. The Morgan fingerprint density at radius 3 is 2.72 bits per heavy atom. The molecule has 4 nitrogen and oxygen atoms in total. The van der Waals surface area contributed by atoms with Gasteiger partial charge < -0.3 is 0 Å². The fraction of sp³-hybridized carbons (Fsp3) is 0.136. The zero-order valence-corrected chi connectivity index (χ0v) is 17.8. The van der Waals surface area contributed by atoms with Crippen LogP contribution in [0, 0.1) is 11.3 Å². The molecule has 0 aliphatic heterocycles. The van der Waals surface area contributed by atoms with E-state index >= 15 is 0 Å². The van der Waals surface area contributed by atoms with Crippen molar-refractivity contribution < 1.29 is 0 Å². The predicted molar refractivity (Wildman–Crippen MR) is 119 cm³/mol. The molecule has 0 saturated carbocycles. The lowest BCUT2D eigenvalue weighted by molar-refractivity contribution is 0.687. The van der Waals surface area contributed by atoms with Gasteiger partial charge in [0.1, 0.15) is 10.7 Å². The van der Waals surface area contributed by atoms with Gasteiger partial charge in [0.2, 0.25) is 0 Å². The molecule has 0 aliphatic carbocycles. The van der Waals surface area contributed by atoms with Gasteiger partial charge in [0.05, 0.1) is 33.6 Å². The van der Waals surface area contributed by atoms with Crippen molar-refractivity contribution in [3.63, 3.8) is 0 Å². The molecule has 0 saturated heterocycles. The summed E-state index contributed by atoms with van der Waals surface area (Å²) >= 11 is 13.7. The van der Waals surface area contributed by atoms with Crippen LogP contribution in [0.2, 0.25) is 10.0 Å². The van der Waals surface area contributed by atoms with E-state index in [2.05, 4.69) is 6.07 Å². The number of nitrogens with zero attached hydrogens (tertiary/aromatic N) is 3. The Labute approximate surface area is 181 Å². The van der Waals surface area contributed by atoms with Gasteiger partial charge in [0.25, 0.3) is 5.56 Å². The monoisotopic (exact) mass is 439 g/mol. The number of aryl methyl sites for hydroxylation is 1. The molecule has 0 fully saturated rings. The van der Waals surface area contributed by atoms with Crippen LogP contribution in [-0.2, 0) is 13.0 Å². The van der Waals surface area contributed by atoms with Crippen LogP contribution in [0.5, 0.6) is 0 Å². The molecule has 2 aromatic carbocycles. The fourth-order valence-corrected chi connectivity index (χ4v) is 4.55. The number of halogens is 2. The molecule has 0 spiro atoms. The Hall–Kier alpha value is -2.65. The number of rotatable bonds is 4. The van der Waals surface area contributed by atoms with Gasteiger partial charge in [-0.3, -0.25) is 9.36 Å². The predicted octanol–water partition coefficient (Wildman–Crippen LogP) is 5.91. The van der Waals surface area contributed by atoms with E-state index in [4.69, 9.17) is 33.4 Å². The van der Waals surface area contributed by atoms with Crippen molar-refractivity contribution >= 4 is 44.8 Å². The molecule has 0 bridgehead atoms. The second-order valence-electron chi connectivity index (χ2n) is 6.54. The number of aromatic nitrogens is 2. The number of benzene rings is 2. The van der Waals surface area contributed by atoms with Crippen LogP contribution in [-0.4, -0.2) is 9.55 Å². The van der Waals surface area contributed by atoms with E-state index in [0.717, 1.165) is 16.7 Å². The maximum atomic E-state index is 13.5. The Kier molecular flexibility index (Phi) is 5.42. The third-order valence-corrected chi connectivity index (χ3v) is 6.33. The first kappa shape index (κ1) is 19.7. The molecule has 29 heavy (non-hydrogen) atoms. The first-order valence-electron chi connectivity index (χ1n) is 8.97. The smallest absolute Gasteiger partial charge is 0.263 e. The van der Waals surface area contributed by atoms with Gasteiger partial charge in [-0.2, -0.15) is 5.26 Å². The van der Waals surface area contributed by atoms with Crippen LogP contribution in [0.3, 0.4) is 0 Å². The van der Waals surface area contributed by atoms with E-state index in [1.54, 1.807) is 28.8 Å². The summed E-state index contributed by atoms with van der Waals surface area (Å²) in [5.41, 5.74) is 2.97. The Bertz CT molecular complexity index is 1330. The van der Waals surface area contributed by atoms with Gasteiger partial charge in [0.15, 0.2) is 0 Å². The summed E-state index contributed by atoms with van der Waals surface area (Å²) in [6.07, 6.45) is 0.628. The molecule has 2 heterocycles. The minimum atomic E-state index is -0.100. The highest BCUT2D eigenvalue weighted by atomic mass is 35.5. The van der Waals surface area contributed by atoms with Crippen molar-refractivity contribution in [2.75, 3.05) is 0 Å². The molecule has 0 atom stereocenters. The van der Waals surface area contributed by atoms with E-state index in [1.165, 1.54) is 11.3 Å². The minimum Gasteiger partial charge on any atom is -0.292 e. The highest BCUT2D eigenvalue weighted by Crippen LogP contribution is 2.34. The summed E-state index contributed by atoms with van der Waals surface area (Å²) in [6.45, 7) is 2.33. The number of hydrogen-bond donors (Lipinski definition) is 0. The Morgan fingerprint density at radius 2 is 2.00 bits per heavy atom. The number of nitriles is 1. The first-order valence-corrected chi connectivity index (χ1v) is 10.6. The normalized spacial score (nSPS) is 11.0. The van der Waals surface area contributed by atoms with Crippen LogP contribution in [0.15, 0.2) is 52.6 Å². The maximum Gasteiger partial charge on any atom is 0.263 e. The van der Waals surface area contributed by atoms with Crippen molar-refractivity contribution in [1.82, 2.24) is 9.55 Å². The van der Waals surface area contributed by atoms with E-state index < -0.39 is 0 Å². The van der Waals surface area contributed by atoms with Gasteiger partial charge >= 0.3 is 0 Å². The molecule has 4 aromatic rings. The minimum absolute atomic E-state index is 0.100. The standard InChI is InChI=1S/C22H15Cl2N3OS/c1-2-19-26-21-20(16(12-29-21)15-6-7-17(23)18(24)9-15)22(28)27(19)11-14-5-3-4-13(8-14)10-25/h3-9,12H,2,11H2,1H3. The molecule has 0 radical (unpaired) electrons. The second kappa shape index (κ2) is 8.00. The van der Waals surface area contributed by atoms with E-state index in [-0.39, 0.29) is 5.56 Å². The summed E-state index contributed by atoms with van der Waals surface area (Å²) in [7, 11) is 0. The summed E-state index contributed by atoms with van der Waals surface area (Å²) < 4.78 is 1.69. The lowest BCUT2D eigenvalue weighted by Crippen LogP contribution is -2.25. The zero-order valence-electron chi connectivity index (χ0n) is 15.4. The van der Waals surface area contributed by atoms with Crippen LogP contribution in [0.4, 0.5) is 0 Å². The third-order valence-electron chi connectivity index (χ3n) is 4.72. The average molecular weight is 440 g/mol. The van der Waals surface area contributed by atoms with Crippen LogP contribution >= 0.6 is 34.5 Å². The maximum absolute atomic E-state index is 13.5. The number of thiophene rings is 1. The zero-order chi connectivity index (χ0) is 20.5. The number of hydrogen-bond acceptors (Lipinski definition) is 4. The largest absolute Gasteiger partial charge is 0.292 e. The fourth-order valence-electron chi connectivity index (χ4n) is 3.30. The first-order chi connectivity index (χ1) is 14.0.